The van der Waals surface area contributed by atoms with E-state index < -0.39 is 59.1 Å². The molecule has 1 amide bonds. The number of ketones is 1. The first-order chi connectivity index (χ1) is 17.6. The second-order valence-corrected chi connectivity index (χ2v) is 9.05. The second-order valence-electron chi connectivity index (χ2n) is 9.05. The van der Waals surface area contributed by atoms with Gasteiger partial charge in [0.25, 0.3) is 5.56 Å². The Hall–Kier alpha value is -4.29. The number of hydrogen-bond donors (Lipinski definition) is 2. The maximum atomic E-state index is 14.6. The molecule has 0 aliphatic carbocycles. The number of pyridine rings is 2. The zero-order chi connectivity index (χ0) is 28.3. The Bertz CT molecular complexity index is 1400. The molecule has 13 heteroatoms. The first kappa shape index (κ1) is 28.3. The molecule has 0 saturated heterocycles. The Morgan fingerprint density at radius 3 is 2.39 bits per heavy atom. The van der Waals surface area contributed by atoms with Crippen molar-refractivity contribution in [1.82, 2.24) is 9.97 Å². The number of H-pyrrole nitrogens is 1. The molecule has 0 aliphatic heterocycles. The molecule has 8 nitrogen and oxygen atoms in total. The normalized spacial score (nSPS) is 12.5. The maximum absolute atomic E-state index is 14.6. The first-order valence-corrected chi connectivity index (χ1v) is 11.0. The molecule has 1 aromatic carbocycles. The molecule has 0 radical (unpaired) electrons. The van der Waals surface area contributed by atoms with Gasteiger partial charge in [-0.25, -0.2) is 13.6 Å². The van der Waals surface area contributed by atoms with Crippen molar-refractivity contribution < 1.29 is 41.0 Å². The molecule has 3 aromatic rings. The smallest absolute Gasteiger partial charge is 0.444 e. The predicted molar refractivity (Wildman–Crippen MR) is 125 cm³/mol. The lowest BCUT2D eigenvalue weighted by atomic mass is 9.88. The van der Waals surface area contributed by atoms with Gasteiger partial charge in [-0.1, -0.05) is 6.07 Å². The number of hydrogen-bond acceptors (Lipinski definition) is 6. The van der Waals surface area contributed by atoms with Crippen molar-refractivity contribution in [3.8, 4) is 5.75 Å². The number of nitrogens with one attached hydrogen (secondary N) is 2. The lowest BCUT2D eigenvalue weighted by Gasteiger charge is -2.20. The number of aromatic nitrogens is 2. The van der Waals surface area contributed by atoms with E-state index in [-0.39, 0.29) is 22.5 Å². The third-order valence-corrected chi connectivity index (χ3v) is 4.95. The van der Waals surface area contributed by atoms with Gasteiger partial charge in [-0.3, -0.25) is 19.9 Å². The Kier molecular flexibility index (Phi) is 8.18. The Labute approximate surface area is 212 Å². The summed E-state index contributed by atoms with van der Waals surface area (Å²) >= 11 is 0. The third-order valence-electron chi connectivity index (χ3n) is 4.95. The van der Waals surface area contributed by atoms with Gasteiger partial charge in [-0.15, -0.1) is 13.2 Å². The van der Waals surface area contributed by atoms with Gasteiger partial charge in [-0.2, -0.15) is 0 Å². The number of rotatable bonds is 7. The molecule has 202 valence electrons. The highest BCUT2D eigenvalue weighted by atomic mass is 19.4. The molecule has 0 fully saturated rings. The zero-order valence-electron chi connectivity index (χ0n) is 20.3. The van der Waals surface area contributed by atoms with Gasteiger partial charge in [0.2, 0.25) is 0 Å². The van der Waals surface area contributed by atoms with Crippen molar-refractivity contribution in [2.24, 2.45) is 0 Å². The number of anilines is 1. The number of carbonyl (C=O) groups is 2. The van der Waals surface area contributed by atoms with Crippen LogP contribution in [0.15, 0.2) is 53.6 Å². The fraction of sp³-hybridized carbons (Fsp3) is 0.280. The van der Waals surface area contributed by atoms with Crippen LogP contribution in [-0.4, -0.2) is 33.8 Å². The van der Waals surface area contributed by atoms with Gasteiger partial charge in [0.15, 0.2) is 17.3 Å². The Balaban J connectivity index is 1.94. The van der Waals surface area contributed by atoms with Crippen LogP contribution in [0.5, 0.6) is 5.75 Å². The van der Waals surface area contributed by atoms with Crippen molar-refractivity contribution in [2.75, 3.05) is 5.32 Å². The highest BCUT2D eigenvalue weighted by Crippen LogP contribution is 2.34. The molecule has 2 N–H and O–H groups in total. The summed E-state index contributed by atoms with van der Waals surface area (Å²) in [4.78, 5) is 43.6. The van der Waals surface area contributed by atoms with Gasteiger partial charge >= 0.3 is 12.5 Å². The minimum atomic E-state index is -5.14. The van der Waals surface area contributed by atoms with Crippen molar-refractivity contribution >= 4 is 17.6 Å². The summed E-state index contributed by atoms with van der Waals surface area (Å²) in [6.07, 6.45) is -4.31. The highest BCUT2D eigenvalue weighted by molar-refractivity contribution is 5.98. The molecule has 0 aliphatic rings. The number of amides is 1. The molecule has 0 spiro atoms. The fourth-order valence-corrected chi connectivity index (χ4v) is 3.42. The van der Waals surface area contributed by atoms with Crippen LogP contribution in [0, 0.1) is 11.6 Å². The fourth-order valence-electron chi connectivity index (χ4n) is 3.42. The van der Waals surface area contributed by atoms with Crippen molar-refractivity contribution in [3.05, 3.63) is 87.6 Å². The van der Waals surface area contributed by atoms with E-state index in [1.165, 1.54) is 12.3 Å². The van der Waals surface area contributed by atoms with Gasteiger partial charge < -0.3 is 14.5 Å². The average molecular weight is 539 g/mol. The minimum absolute atomic E-state index is 0.0560. The van der Waals surface area contributed by atoms with E-state index in [1.54, 1.807) is 20.8 Å². The Morgan fingerprint density at radius 1 is 1.08 bits per heavy atom. The number of alkyl halides is 3. The number of nitrogens with zero attached hydrogens (tertiary/aromatic N) is 1. The van der Waals surface area contributed by atoms with E-state index in [0.29, 0.717) is 12.1 Å². The van der Waals surface area contributed by atoms with Crippen LogP contribution in [0.3, 0.4) is 0 Å². The highest BCUT2D eigenvalue weighted by Gasteiger charge is 2.33. The molecule has 0 unspecified atom stereocenters. The summed E-state index contributed by atoms with van der Waals surface area (Å²) in [7, 11) is 0. The molecule has 0 saturated carbocycles. The van der Waals surface area contributed by atoms with E-state index in [4.69, 9.17) is 4.74 Å². The van der Waals surface area contributed by atoms with E-state index >= 15 is 0 Å². The van der Waals surface area contributed by atoms with E-state index in [9.17, 15) is 36.3 Å². The maximum Gasteiger partial charge on any atom is 0.573 e. The number of ether oxygens (including phenoxy) is 2. The molecular formula is C25H22F5N3O5. The van der Waals surface area contributed by atoms with E-state index in [2.05, 4.69) is 20.0 Å². The third kappa shape index (κ3) is 7.60. The minimum Gasteiger partial charge on any atom is -0.444 e. The lowest BCUT2D eigenvalue weighted by molar-refractivity contribution is -0.275. The zero-order valence-corrected chi connectivity index (χ0v) is 20.3. The van der Waals surface area contributed by atoms with Crippen LogP contribution in [0.4, 0.5) is 32.4 Å². The quantitative estimate of drug-likeness (QED) is 0.295. The van der Waals surface area contributed by atoms with Gasteiger partial charge in [-0.05, 0) is 56.7 Å². The van der Waals surface area contributed by atoms with Crippen LogP contribution in [0.2, 0.25) is 0 Å². The van der Waals surface area contributed by atoms with Crippen LogP contribution in [-0.2, 0) is 4.74 Å². The summed E-state index contributed by atoms with van der Waals surface area (Å²) in [6.45, 7) is 4.83. The average Bonchev–Trinajstić information content (AvgIpc) is 2.78. The van der Waals surface area contributed by atoms with Crippen LogP contribution < -0.4 is 15.6 Å². The molecule has 0 bridgehead atoms. The van der Waals surface area contributed by atoms with Crippen LogP contribution in [0.25, 0.3) is 0 Å². The number of aromatic amines is 1. The summed E-state index contributed by atoms with van der Waals surface area (Å²) in [6, 6.07) is 5.88. The van der Waals surface area contributed by atoms with Crippen molar-refractivity contribution in [2.45, 2.75) is 45.1 Å². The SMILES string of the molecule is CC(C)(C)OC(=O)Nc1cc(C(=O)C[C@@H](c2ccc(OC(F)(F)F)c(F)c2)c2ncccc2F)c[nH]c1=O. The second kappa shape index (κ2) is 11.0. The van der Waals surface area contributed by atoms with E-state index in [1.807, 2.05) is 0 Å². The number of carbonyl (C=O) groups excluding carboxylic acids is 2. The molecule has 3 rings (SSSR count). The monoisotopic (exact) mass is 539 g/mol. The van der Waals surface area contributed by atoms with Crippen molar-refractivity contribution in [3.63, 3.8) is 0 Å². The van der Waals surface area contributed by atoms with Crippen LogP contribution in [0.1, 0.15) is 54.7 Å². The Morgan fingerprint density at radius 2 is 1.79 bits per heavy atom. The number of benzene rings is 1. The number of halogens is 5. The predicted octanol–water partition coefficient (Wildman–Crippen LogP) is 5.70. The summed E-state index contributed by atoms with van der Waals surface area (Å²) in [5, 5.41) is 2.24. The standard InChI is InChI=1S/C25H22F5N3O5/c1-24(2,3)38-23(36)33-18-10-14(12-32-22(18)35)19(34)11-15(21-16(26)5-4-8-31-21)13-6-7-20(17(27)9-13)37-25(28,29)30/h4-10,12,15H,11H2,1-3H3,(H,32,35)(H,33,36)/t15-/m0/s1. The summed E-state index contributed by atoms with van der Waals surface area (Å²) in [5.41, 5.74) is -2.32. The molecule has 2 aromatic heterocycles. The molecule has 1 atom stereocenters. The number of Topliss-reactive ketones (excluding diaryl/α,β-unsaturated/α-hetero) is 1. The van der Waals surface area contributed by atoms with Crippen LogP contribution >= 0.6 is 0 Å². The van der Waals surface area contributed by atoms with E-state index in [0.717, 1.165) is 24.4 Å². The summed E-state index contributed by atoms with van der Waals surface area (Å²) < 4.78 is 75.4. The lowest BCUT2D eigenvalue weighted by Crippen LogP contribution is -2.29. The summed E-state index contributed by atoms with van der Waals surface area (Å²) in [5.74, 6) is -5.24. The molecular weight excluding hydrogens is 517 g/mol. The van der Waals surface area contributed by atoms with Gasteiger partial charge in [0.05, 0.1) is 5.69 Å². The first-order valence-electron chi connectivity index (χ1n) is 11.0. The molecule has 2 heterocycles. The van der Waals surface area contributed by atoms with Gasteiger partial charge in [0, 0.05) is 30.3 Å². The topological polar surface area (TPSA) is 110 Å². The van der Waals surface area contributed by atoms with Crippen molar-refractivity contribution in [1.29, 1.82) is 0 Å². The molecule has 38 heavy (non-hydrogen) atoms. The largest absolute Gasteiger partial charge is 0.573 e. The van der Waals surface area contributed by atoms with Gasteiger partial charge in [0.1, 0.15) is 17.1 Å².